The van der Waals surface area contributed by atoms with Gasteiger partial charge in [-0.15, -0.1) is 5.10 Å². The molecule has 1 amide bonds. The lowest BCUT2D eigenvalue weighted by atomic mass is 10.2. The van der Waals surface area contributed by atoms with E-state index in [1.165, 1.54) is 0 Å². The highest BCUT2D eigenvalue weighted by atomic mass is 16.2. The molecular formula is C16H15N5O. The molecule has 0 bridgehead atoms. The van der Waals surface area contributed by atoms with Crippen molar-refractivity contribution in [1.82, 2.24) is 20.0 Å². The third-order valence-electron chi connectivity index (χ3n) is 3.23. The molecule has 22 heavy (non-hydrogen) atoms. The van der Waals surface area contributed by atoms with Crippen LogP contribution in [0.15, 0.2) is 54.9 Å². The second-order valence-corrected chi connectivity index (χ2v) is 4.68. The van der Waals surface area contributed by atoms with Crippen molar-refractivity contribution in [2.75, 3.05) is 5.32 Å². The van der Waals surface area contributed by atoms with Gasteiger partial charge in [0.25, 0.3) is 5.91 Å². The minimum absolute atomic E-state index is 0.285. The summed E-state index contributed by atoms with van der Waals surface area (Å²) in [6, 6.07) is 13.2. The molecule has 0 aliphatic rings. The van der Waals surface area contributed by atoms with Crippen LogP contribution in [0.25, 0.3) is 5.69 Å². The van der Waals surface area contributed by atoms with Gasteiger partial charge in [-0.2, -0.15) is 0 Å². The van der Waals surface area contributed by atoms with Gasteiger partial charge in [0.05, 0.1) is 23.3 Å². The molecular weight excluding hydrogens is 278 g/mol. The first-order chi connectivity index (χ1) is 10.8. The van der Waals surface area contributed by atoms with Gasteiger partial charge in [-0.05, 0) is 30.7 Å². The SMILES string of the molecule is CCc1c(C(=O)Nc2cccnc2)nnn1-c1ccccc1. The Morgan fingerprint density at radius 3 is 2.68 bits per heavy atom. The number of amides is 1. The molecule has 6 nitrogen and oxygen atoms in total. The number of carbonyl (C=O) groups is 1. The largest absolute Gasteiger partial charge is 0.319 e. The van der Waals surface area contributed by atoms with E-state index < -0.39 is 0 Å². The van der Waals surface area contributed by atoms with Gasteiger partial charge in [0, 0.05) is 6.20 Å². The van der Waals surface area contributed by atoms with Crippen LogP contribution in [0, 0.1) is 0 Å². The Kier molecular flexibility index (Phi) is 3.91. The van der Waals surface area contributed by atoms with Gasteiger partial charge in [-0.3, -0.25) is 9.78 Å². The van der Waals surface area contributed by atoms with Crippen LogP contribution in [0.1, 0.15) is 23.1 Å². The molecule has 1 N–H and O–H groups in total. The number of benzene rings is 1. The number of pyridine rings is 1. The zero-order valence-corrected chi connectivity index (χ0v) is 12.1. The molecule has 0 saturated carbocycles. The fraction of sp³-hybridized carbons (Fsp3) is 0.125. The molecule has 0 radical (unpaired) electrons. The zero-order valence-electron chi connectivity index (χ0n) is 12.1. The van der Waals surface area contributed by atoms with Crippen LogP contribution in [0.2, 0.25) is 0 Å². The Morgan fingerprint density at radius 1 is 1.18 bits per heavy atom. The van der Waals surface area contributed by atoms with Gasteiger partial charge >= 0.3 is 0 Å². The van der Waals surface area contributed by atoms with E-state index in [0.717, 1.165) is 11.4 Å². The first-order valence-corrected chi connectivity index (χ1v) is 7.01. The summed E-state index contributed by atoms with van der Waals surface area (Å²) >= 11 is 0. The second-order valence-electron chi connectivity index (χ2n) is 4.68. The highest BCUT2D eigenvalue weighted by molar-refractivity contribution is 6.03. The van der Waals surface area contributed by atoms with Crippen molar-refractivity contribution in [2.24, 2.45) is 0 Å². The molecule has 0 fully saturated rings. The average Bonchev–Trinajstić information content (AvgIpc) is 3.00. The summed E-state index contributed by atoms with van der Waals surface area (Å²) < 4.78 is 1.69. The third-order valence-corrected chi connectivity index (χ3v) is 3.23. The summed E-state index contributed by atoms with van der Waals surface area (Å²) in [4.78, 5) is 16.4. The first-order valence-electron chi connectivity index (χ1n) is 7.01. The Bertz CT molecular complexity index is 768. The lowest BCUT2D eigenvalue weighted by Gasteiger charge is -2.06. The summed E-state index contributed by atoms with van der Waals surface area (Å²) in [5.41, 5.74) is 2.61. The first kappa shape index (κ1) is 13.9. The molecule has 2 heterocycles. The average molecular weight is 293 g/mol. The van der Waals surface area contributed by atoms with Crippen LogP contribution < -0.4 is 5.32 Å². The van der Waals surface area contributed by atoms with Crippen molar-refractivity contribution < 1.29 is 4.79 Å². The Morgan fingerprint density at radius 2 is 2.00 bits per heavy atom. The molecule has 0 unspecified atom stereocenters. The maximum Gasteiger partial charge on any atom is 0.278 e. The summed E-state index contributed by atoms with van der Waals surface area (Å²) in [6.45, 7) is 1.97. The van der Waals surface area contributed by atoms with E-state index in [4.69, 9.17) is 0 Å². The molecule has 0 aliphatic heterocycles. The number of carbonyl (C=O) groups excluding carboxylic acids is 1. The normalized spacial score (nSPS) is 10.4. The zero-order chi connectivity index (χ0) is 15.4. The molecule has 1 aromatic carbocycles. The minimum Gasteiger partial charge on any atom is -0.319 e. The molecule has 2 aromatic heterocycles. The van der Waals surface area contributed by atoms with E-state index in [9.17, 15) is 4.79 Å². The number of rotatable bonds is 4. The van der Waals surface area contributed by atoms with E-state index in [1.54, 1.807) is 29.2 Å². The fourth-order valence-electron chi connectivity index (χ4n) is 2.20. The lowest BCUT2D eigenvalue weighted by molar-refractivity contribution is 0.102. The number of nitrogens with one attached hydrogen (secondary N) is 1. The van der Waals surface area contributed by atoms with Gasteiger partial charge in [-0.25, -0.2) is 4.68 Å². The van der Waals surface area contributed by atoms with E-state index in [1.807, 2.05) is 37.3 Å². The quantitative estimate of drug-likeness (QED) is 0.802. The molecule has 6 heteroatoms. The van der Waals surface area contributed by atoms with Crippen LogP contribution >= 0.6 is 0 Å². The van der Waals surface area contributed by atoms with Crippen molar-refractivity contribution in [3.63, 3.8) is 0 Å². The Labute approximate surface area is 127 Å². The second kappa shape index (κ2) is 6.17. The molecule has 0 saturated heterocycles. The summed E-state index contributed by atoms with van der Waals surface area (Å²) in [7, 11) is 0. The number of nitrogens with zero attached hydrogens (tertiary/aromatic N) is 4. The number of para-hydroxylation sites is 1. The van der Waals surface area contributed by atoms with Crippen molar-refractivity contribution >= 4 is 11.6 Å². The molecule has 0 spiro atoms. The van der Waals surface area contributed by atoms with Gasteiger partial charge in [0.2, 0.25) is 0 Å². The van der Waals surface area contributed by atoms with Gasteiger partial charge < -0.3 is 5.32 Å². The van der Waals surface area contributed by atoms with E-state index >= 15 is 0 Å². The van der Waals surface area contributed by atoms with Gasteiger partial charge in [-0.1, -0.05) is 30.3 Å². The van der Waals surface area contributed by atoms with Crippen molar-refractivity contribution in [1.29, 1.82) is 0 Å². The smallest absolute Gasteiger partial charge is 0.278 e. The summed E-state index contributed by atoms with van der Waals surface area (Å²) in [6.07, 6.45) is 3.89. The van der Waals surface area contributed by atoms with Crippen LogP contribution in [0.5, 0.6) is 0 Å². The van der Waals surface area contributed by atoms with Crippen molar-refractivity contribution in [3.8, 4) is 5.69 Å². The van der Waals surface area contributed by atoms with Crippen LogP contribution in [0.4, 0.5) is 5.69 Å². The van der Waals surface area contributed by atoms with Crippen LogP contribution in [0.3, 0.4) is 0 Å². The number of anilines is 1. The van der Waals surface area contributed by atoms with E-state index in [0.29, 0.717) is 17.8 Å². The molecule has 0 atom stereocenters. The molecule has 0 aliphatic carbocycles. The monoisotopic (exact) mass is 293 g/mol. The predicted molar refractivity (Wildman–Crippen MR) is 82.9 cm³/mol. The lowest BCUT2D eigenvalue weighted by Crippen LogP contribution is -2.15. The van der Waals surface area contributed by atoms with Gasteiger partial charge in [0.15, 0.2) is 5.69 Å². The van der Waals surface area contributed by atoms with Gasteiger partial charge in [0.1, 0.15) is 0 Å². The molecule has 3 aromatic rings. The minimum atomic E-state index is -0.285. The predicted octanol–water partition coefficient (Wildman–Crippen LogP) is 2.48. The third kappa shape index (κ3) is 2.71. The summed E-state index contributed by atoms with van der Waals surface area (Å²) in [5, 5.41) is 10.9. The van der Waals surface area contributed by atoms with E-state index in [2.05, 4.69) is 20.6 Å². The number of aromatic nitrogens is 4. The molecule has 110 valence electrons. The molecule has 3 rings (SSSR count). The van der Waals surface area contributed by atoms with E-state index in [-0.39, 0.29) is 5.91 Å². The van der Waals surface area contributed by atoms with Crippen LogP contribution in [-0.2, 0) is 6.42 Å². The Balaban J connectivity index is 1.92. The number of hydrogen-bond donors (Lipinski definition) is 1. The number of hydrogen-bond acceptors (Lipinski definition) is 4. The maximum absolute atomic E-state index is 12.4. The standard InChI is InChI=1S/C16H15N5O/c1-2-14-15(16(22)18-12-7-6-10-17-11-12)19-20-21(14)13-8-4-3-5-9-13/h3-11H,2H2,1H3,(H,18,22). The highest BCUT2D eigenvalue weighted by Crippen LogP contribution is 2.15. The topological polar surface area (TPSA) is 72.7 Å². The summed E-state index contributed by atoms with van der Waals surface area (Å²) in [5.74, 6) is -0.285. The van der Waals surface area contributed by atoms with Crippen LogP contribution in [-0.4, -0.2) is 25.9 Å². The fourth-order valence-corrected chi connectivity index (χ4v) is 2.20. The van der Waals surface area contributed by atoms with Crippen molar-refractivity contribution in [3.05, 3.63) is 66.2 Å². The maximum atomic E-state index is 12.4. The van der Waals surface area contributed by atoms with Crippen molar-refractivity contribution in [2.45, 2.75) is 13.3 Å². The Hall–Kier alpha value is -3.02. The highest BCUT2D eigenvalue weighted by Gasteiger charge is 2.19.